The van der Waals surface area contributed by atoms with Crippen molar-refractivity contribution < 1.29 is 13.9 Å². The van der Waals surface area contributed by atoms with Crippen LogP contribution in [0.3, 0.4) is 0 Å². The lowest BCUT2D eigenvalue weighted by molar-refractivity contribution is -0.122. The minimum Gasteiger partial charge on any atom is -0.497 e. The van der Waals surface area contributed by atoms with Crippen LogP contribution < -0.4 is 10.1 Å². The maximum atomic E-state index is 12.2. The Bertz CT molecular complexity index is 752. The van der Waals surface area contributed by atoms with Gasteiger partial charge in [0.2, 0.25) is 17.7 Å². The number of aromatic nitrogens is 2. The summed E-state index contributed by atoms with van der Waals surface area (Å²) in [6.45, 7) is 5.49. The Hall–Kier alpha value is -2.41. The number of rotatable bonds is 10. The van der Waals surface area contributed by atoms with E-state index in [0.29, 0.717) is 37.1 Å². The van der Waals surface area contributed by atoms with Gasteiger partial charge in [-0.05, 0) is 49.9 Å². The first-order chi connectivity index (χ1) is 14.2. The molecule has 1 aromatic carbocycles. The minimum absolute atomic E-state index is 0.0666. The topological polar surface area (TPSA) is 80.5 Å². The number of nitrogens with zero attached hydrogens (tertiary/aromatic N) is 3. The maximum absolute atomic E-state index is 12.2. The highest BCUT2D eigenvalue weighted by atomic mass is 16.5. The number of hydrogen-bond acceptors (Lipinski definition) is 6. The second-order valence-electron chi connectivity index (χ2n) is 7.62. The molecule has 2 heterocycles. The van der Waals surface area contributed by atoms with Crippen molar-refractivity contribution in [2.45, 2.75) is 57.9 Å². The van der Waals surface area contributed by atoms with Crippen molar-refractivity contribution in [2.75, 3.05) is 26.7 Å². The van der Waals surface area contributed by atoms with Crippen LogP contribution >= 0.6 is 0 Å². The second kappa shape index (κ2) is 11.0. The molecule has 1 aromatic heterocycles. The molecule has 0 atom stereocenters. The van der Waals surface area contributed by atoms with E-state index in [9.17, 15) is 4.79 Å². The van der Waals surface area contributed by atoms with Crippen molar-refractivity contribution in [2.24, 2.45) is 0 Å². The highest BCUT2D eigenvalue weighted by molar-refractivity contribution is 5.76. The molecule has 0 unspecified atom stereocenters. The molecule has 7 heteroatoms. The Morgan fingerprint density at radius 2 is 1.83 bits per heavy atom. The lowest BCUT2D eigenvalue weighted by atomic mass is 10.0. The molecule has 0 aliphatic carbocycles. The van der Waals surface area contributed by atoms with E-state index in [4.69, 9.17) is 9.15 Å². The molecule has 3 rings (SSSR count). The van der Waals surface area contributed by atoms with Gasteiger partial charge in [-0.25, -0.2) is 0 Å². The molecule has 158 valence electrons. The highest BCUT2D eigenvalue weighted by Gasteiger charge is 2.20. The van der Waals surface area contributed by atoms with Crippen molar-refractivity contribution in [3.63, 3.8) is 0 Å². The number of methoxy groups -OCH3 is 1. The summed E-state index contributed by atoms with van der Waals surface area (Å²) < 4.78 is 10.9. The van der Waals surface area contributed by atoms with E-state index in [1.165, 1.54) is 12.0 Å². The largest absolute Gasteiger partial charge is 0.497 e. The molecule has 1 aliphatic heterocycles. The zero-order chi connectivity index (χ0) is 20.5. The van der Waals surface area contributed by atoms with Gasteiger partial charge in [-0.2, -0.15) is 0 Å². The molecule has 1 fully saturated rings. The van der Waals surface area contributed by atoms with Gasteiger partial charge in [0.15, 0.2) is 0 Å². The van der Waals surface area contributed by atoms with Crippen LogP contribution in [0.1, 0.15) is 50.0 Å². The van der Waals surface area contributed by atoms with Crippen molar-refractivity contribution in [3.05, 3.63) is 41.6 Å². The van der Waals surface area contributed by atoms with Gasteiger partial charge < -0.3 is 19.4 Å². The van der Waals surface area contributed by atoms with Crippen molar-refractivity contribution in [1.82, 2.24) is 20.4 Å². The number of likely N-dealkylation sites (tertiary alicyclic amines) is 1. The predicted molar refractivity (Wildman–Crippen MR) is 111 cm³/mol. The summed E-state index contributed by atoms with van der Waals surface area (Å²) in [5, 5.41) is 11.3. The van der Waals surface area contributed by atoms with E-state index in [-0.39, 0.29) is 5.91 Å². The first-order valence-corrected chi connectivity index (χ1v) is 10.6. The van der Waals surface area contributed by atoms with Crippen LogP contribution in [0, 0.1) is 0 Å². The lowest BCUT2D eigenvalue weighted by Gasteiger charge is -2.32. The van der Waals surface area contributed by atoms with E-state index in [1.54, 1.807) is 7.11 Å². The molecule has 0 spiro atoms. The average Bonchev–Trinajstić information content (AvgIpc) is 3.21. The number of amides is 1. The molecular formula is C22H32N4O3. The van der Waals surface area contributed by atoms with Gasteiger partial charge in [0, 0.05) is 38.4 Å². The first kappa shape index (κ1) is 21.3. The van der Waals surface area contributed by atoms with Gasteiger partial charge in [-0.1, -0.05) is 19.1 Å². The normalized spacial score (nSPS) is 15.4. The van der Waals surface area contributed by atoms with Gasteiger partial charge in [0.1, 0.15) is 5.75 Å². The van der Waals surface area contributed by atoms with Gasteiger partial charge in [-0.3, -0.25) is 4.79 Å². The van der Waals surface area contributed by atoms with E-state index in [1.807, 2.05) is 24.3 Å². The Kier molecular flexibility index (Phi) is 8.04. The number of piperidine rings is 1. The Morgan fingerprint density at radius 1 is 1.14 bits per heavy atom. The molecule has 0 bridgehead atoms. The summed E-state index contributed by atoms with van der Waals surface area (Å²) in [4.78, 5) is 14.7. The third-order valence-electron chi connectivity index (χ3n) is 5.35. The zero-order valence-corrected chi connectivity index (χ0v) is 17.5. The SMILES string of the molecule is CCCN1CCC(NC(=O)CCc2nnc(CCc3ccc(OC)cc3)o2)CC1. The first-order valence-electron chi connectivity index (χ1n) is 10.6. The fourth-order valence-electron chi connectivity index (χ4n) is 3.67. The molecule has 29 heavy (non-hydrogen) atoms. The molecular weight excluding hydrogens is 368 g/mol. The van der Waals surface area contributed by atoms with Gasteiger partial charge in [-0.15, -0.1) is 10.2 Å². The molecule has 7 nitrogen and oxygen atoms in total. The van der Waals surface area contributed by atoms with Gasteiger partial charge in [0.25, 0.3) is 0 Å². The zero-order valence-electron chi connectivity index (χ0n) is 17.5. The second-order valence-corrected chi connectivity index (χ2v) is 7.62. The predicted octanol–water partition coefficient (Wildman–Crippen LogP) is 2.79. The van der Waals surface area contributed by atoms with Crippen LogP contribution in [0.2, 0.25) is 0 Å². The van der Waals surface area contributed by atoms with E-state index in [0.717, 1.165) is 44.6 Å². The van der Waals surface area contributed by atoms with E-state index < -0.39 is 0 Å². The molecule has 1 saturated heterocycles. The maximum Gasteiger partial charge on any atom is 0.220 e. The van der Waals surface area contributed by atoms with E-state index in [2.05, 4.69) is 27.3 Å². The minimum atomic E-state index is 0.0666. The quantitative estimate of drug-likeness (QED) is 0.661. The number of hydrogen-bond donors (Lipinski definition) is 1. The third-order valence-corrected chi connectivity index (χ3v) is 5.35. The monoisotopic (exact) mass is 400 g/mol. The fraction of sp³-hybridized carbons (Fsp3) is 0.591. The third kappa shape index (κ3) is 6.85. The van der Waals surface area contributed by atoms with Crippen molar-refractivity contribution in [1.29, 1.82) is 0 Å². The van der Waals surface area contributed by atoms with Gasteiger partial charge >= 0.3 is 0 Å². The summed E-state index contributed by atoms with van der Waals surface area (Å²) in [7, 11) is 1.66. The number of ether oxygens (including phenoxy) is 1. The summed E-state index contributed by atoms with van der Waals surface area (Å²) >= 11 is 0. The van der Waals surface area contributed by atoms with Crippen LogP contribution in [0.25, 0.3) is 0 Å². The molecule has 1 N–H and O–H groups in total. The average molecular weight is 401 g/mol. The van der Waals surface area contributed by atoms with Crippen molar-refractivity contribution in [3.8, 4) is 5.75 Å². The standard InChI is InChI=1S/C22H32N4O3/c1-3-14-26-15-12-18(13-16-26)23-20(27)9-11-22-25-24-21(29-22)10-6-17-4-7-19(28-2)8-5-17/h4-5,7-8,18H,3,6,9-16H2,1-2H3,(H,23,27). The Balaban J connectivity index is 1.36. The summed E-state index contributed by atoms with van der Waals surface area (Å²) in [5.74, 6) is 2.05. The summed E-state index contributed by atoms with van der Waals surface area (Å²) in [5.41, 5.74) is 1.19. The molecule has 1 amide bonds. The molecule has 0 saturated carbocycles. The Labute approximate surface area is 172 Å². The van der Waals surface area contributed by atoms with Gasteiger partial charge in [0.05, 0.1) is 7.11 Å². The van der Waals surface area contributed by atoms with Crippen LogP contribution in [-0.4, -0.2) is 53.8 Å². The number of carbonyl (C=O) groups is 1. The number of aryl methyl sites for hydroxylation is 3. The van der Waals surface area contributed by atoms with Crippen LogP contribution in [0.5, 0.6) is 5.75 Å². The lowest BCUT2D eigenvalue weighted by Crippen LogP contribution is -2.44. The van der Waals surface area contributed by atoms with E-state index >= 15 is 0 Å². The number of benzene rings is 1. The molecule has 2 aromatic rings. The fourth-order valence-corrected chi connectivity index (χ4v) is 3.67. The Morgan fingerprint density at radius 3 is 2.48 bits per heavy atom. The summed E-state index contributed by atoms with van der Waals surface area (Å²) in [6, 6.07) is 8.25. The summed E-state index contributed by atoms with van der Waals surface area (Å²) in [6.07, 6.45) is 5.61. The smallest absolute Gasteiger partial charge is 0.220 e. The van der Waals surface area contributed by atoms with Crippen LogP contribution in [0.4, 0.5) is 0 Å². The molecule has 1 aliphatic rings. The molecule has 0 radical (unpaired) electrons. The van der Waals surface area contributed by atoms with Crippen LogP contribution in [-0.2, 0) is 24.1 Å². The number of nitrogens with one attached hydrogen (secondary N) is 1. The van der Waals surface area contributed by atoms with Crippen LogP contribution in [0.15, 0.2) is 28.7 Å². The number of carbonyl (C=O) groups excluding carboxylic acids is 1. The van der Waals surface area contributed by atoms with Crippen molar-refractivity contribution >= 4 is 5.91 Å². The highest BCUT2D eigenvalue weighted by Crippen LogP contribution is 2.14.